The fourth-order valence-corrected chi connectivity index (χ4v) is 2.19. The summed E-state index contributed by atoms with van der Waals surface area (Å²) in [5.41, 5.74) is 0.626. The zero-order valence-electron chi connectivity index (χ0n) is 14.3. The molecule has 1 heterocycles. The van der Waals surface area contributed by atoms with E-state index < -0.39 is 11.7 Å². The molecule has 1 aliphatic heterocycles. The van der Waals surface area contributed by atoms with Gasteiger partial charge in [-0.2, -0.15) is 0 Å². The van der Waals surface area contributed by atoms with E-state index in [1.54, 1.807) is 0 Å². The Bertz CT molecular complexity index is 540. The molecule has 0 fully saturated rings. The molecule has 0 saturated heterocycles. The van der Waals surface area contributed by atoms with Gasteiger partial charge < -0.3 is 24.8 Å². The molecule has 1 atom stereocenters. The van der Waals surface area contributed by atoms with Crippen LogP contribution in [0.25, 0.3) is 0 Å². The number of ether oxygens (including phenoxy) is 3. The molecule has 128 valence electrons. The molecular formula is C17H26N2O4. The van der Waals surface area contributed by atoms with Crippen LogP contribution in [0.2, 0.25) is 0 Å². The highest BCUT2D eigenvalue weighted by atomic mass is 16.6. The predicted molar refractivity (Wildman–Crippen MR) is 88.0 cm³/mol. The Morgan fingerprint density at radius 1 is 1.26 bits per heavy atom. The van der Waals surface area contributed by atoms with E-state index >= 15 is 0 Å². The van der Waals surface area contributed by atoms with Gasteiger partial charge in [-0.25, -0.2) is 4.79 Å². The normalized spacial score (nSPS) is 15.0. The molecule has 1 aromatic rings. The maximum Gasteiger partial charge on any atom is 0.407 e. The quantitative estimate of drug-likeness (QED) is 0.871. The average Bonchev–Trinajstić information content (AvgIpc) is 2.45. The van der Waals surface area contributed by atoms with Crippen molar-refractivity contribution in [3.8, 4) is 11.5 Å². The molecule has 6 heteroatoms. The summed E-state index contributed by atoms with van der Waals surface area (Å²) in [4.78, 5) is 11.7. The molecule has 0 aliphatic carbocycles. The minimum Gasteiger partial charge on any atom is -0.486 e. The van der Waals surface area contributed by atoms with E-state index in [-0.39, 0.29) is 6.04 Å². The van der Waals surface area contributed by atoms with Crippen LogP contribution in [0.5, 0.6) is 11.5 Å². The van der Waals surface area contributed by atoms with Gasteiger partial charge in [0.25, 0.3) is 0 Å². The molecule has 23 heavy (non-hydrogen) atoms. The number of hydrogen-bond donors (Lipinski definition) is 2. The van der Waals surface area contributed by atoms with E-state index in [2.05, 4.69) is 10.6 Å². The number of rotatable bonds is 5. The van der Waals surface area contributed by atoms with E-state index in [1.165, 1.54) is 0 Å². The fourth-order valence-electron chi connectivity index (χ4n) is 2.19. The summed E-state index contributed by atoms with van der Waals surface area (Å²) in [5.74, 6) is 1.58. The van der Waals surface area contributed by atoms with Gasteiger partial charge in [0.15, 0.2) is 11.5 Å². The number of alkyl carbamates (subject to hydrolysis) is 1. The number of carbonyl (C=O) groups is 1. The Kier molecular flexibility index (Phi) is 5.71. The summed E-state index contributed by atoms with van der Waals surface area (Å²) >= 11 is 0. The summed E-state index contributed by atoms with van der Waals surface area (Å²) in [6, 6.07) is 5.88. The van der Waals surface area contributed by atoms with Crippen LogP contribution in [0.3, 0.4) is 0 Å². The molecule has 1 unspecified atom stereocenters. The first-order valence-electron chi connectivity index (χ1n) is 7.92. The third kappa shape index (κ3) is 5.98. The third-order valence-electron chi connectivity index (χ3n) is 3.15. The molecule has 1 aromatic carbocycles. The number of amides is 1. The lowest BCUT2D eigenvalue weighted by atomic mass is 10.2. The highest BCUT2D eigenvalue weighted by Crippen LogP contribution is 2.30. The fraction of sp³-hybridized carbons (Fsp3) is 0.588. The van der Waals surface area contributed by atoms with Crippen molar-refractivity contribution in [2.75, 3.05) is 19.8 Å². The Morgan fingerprint density at radius 2 is 1.96 bits per heavy atom. The van der Waals surface area contributed by atoms with Gasteiger partial charge in [-0.05, 0) is 45.4 Å². The molecular weight excluding hydrogens is 296 g/mol. The molecule has 6 nitrogen and oxygen atoms in total. The molecule has 2 rings (SSSR count). The topological polar surface area (TPSA) is 68.8 Å². The monoisotopic (exact) mass is 322 g/mol. The number of carbonyl (C=O) groups excluding carboxylic acids is 1. The largest absolute Gasteiger partial charge is 0.486 e. The minimum absolute atomic E-state index is 0.0259. The molecule has 0 radical (unpaired) electrons. The minimum atomic E-state index is -0.484. The van der Waals surface area contributed by atoms with Gasteiger partial charge in [-0.1, -0.05) is 6.07 Å². The summed E-state index contributed by atoms with van der Waals surface area (Å²) in [5, 5.41) is 6.11. The van der Waals surface area contributed by atoms with Crippen LogP contribution >= 0.6 is 0 Å². The van der Waals surface area contributed by atoms with Crippen LogP contribution in [0.1, 0.15) is 33.3 Å². The highest BCUT2D eigenvalue weighted by Gasteiger charge is 2.17. The van der Waals surface area contributed by atoms with Crippen LogP contribution in [0.15, 0.2) is 18.2 Å². The SMILES string of the molecule is CC(CNCc1ccc2c(c1)OCCO2)NC(=O)OC(C)(C)C. The van der Waals surface area contributed by atoms with E-state index in [0.717, 1.165) is 17.1 Å². The average molecular weight is 322 g/mol. The standard InChI is InChI=1S/C17H26N2O4/c1-12(19-16(20)23-17(2,3)4)10-18-11-13-5-6-14-15(9-13)22-8-7-21-14/h5-6,9,12,18H,7-8,10-11H2,1-4H3,(H,19,20). The zero-order chi connectivity index (χ0) is 16.9. The predicted octanol–water partition coefficient (Wildman–Crippen LogP) is 2.46. The van der Waals surface area contributed by atoms with Gasteiger partial charge in [-0.15, -0.1) is 0 Å². The number of hydrogen-bond acceptors (Lipinski definition) is 5. The van der Waals surface area contributed by atoms with Crippen molar-refractivity contribution in [3.05, 3.63) is 23.8 Å². The Hall–Kier alpha value is -1.95. The van der Waals surface area contributed by atoms with Crippen LogP contribution in [0.4, 0.5) is 4.79 Å². The Balaban J connectivity index is 1.73. The number of nitrogens with one attached hydrogen (secondary N) is 2. The second kappa shape index (κ2) is 7.55. The van der Waals surface area contributed by atoms with Crippen molar-refractivity contribution in [3.63, 3.8) is 0 Å². The molecule has 1 aliphatic rings. The molecule has 1 amide bonds. The summed E-state index contributed by atoms with van der Waals surface area (Å²) < 4.78 is 16.3. The Morgan fingerprint density at radius 3 is 2.65 bits per heavy atom. The van der Waals surface area contributed by atoms with Gasteiger partial charge in [0.1, 0.15) is 18.8 Å². The lowest BCUT2D eigenvalue weighted by molar-refractivity contribution is 0.0508. The second-order valence-corrected chi connectivity index (χ2v) is 6.66. The first kappa shape index (κ1) is 17.4. The van der Waals surface area contributed by atoms with Gasteiger partial charge in [0.2, 0.25) is 0 Å². The van der Waals surface area contributed by atoms with Crippen molar-refractivity contribution < 1.29 is 19.0 Å². The summed E-state index contributed by atoms with van der Waals surface area (Å²) in [6.07, 6.45) is -0.397. The van der Waals surface area contributed by atoms with Crippen LogP contribution < -0.4 is 20.1 Å². The molecule has 2 N–H and O–H groups in total. The van der Waals surface area contributed by atoms with Crippen LogP contribution in [0, 0.1) is 0 Å². The van der Waals surface area contributed by atoms with Gasteiger partial charge in [0.05, 0.1) is 0 Å². The number of benzene rings is 1. The van der Waals surface area contributed by atoms with Gasteiger partial charge in [0, 0.05) is 19.1 Å². The number of fused-ring (bicyclic) bond motifs is 1. The maximum absolute atomic E-state index is 11.7. The maximum atomic E-state index is 11.7. The molecule has 0 aromatic heterocycles. The van der Waals surface area contributed by atoms with Crippen molar-refractivity contribution in [2.45, 2.75) is 45.9 Å². The van der Waals surface area contributed by atoms with E-state index in [1.807, 2.05) is 45.9 Å². The molecule has 0 spiro atoms. The molecule has 0 bridgehead atoms. The summed E-state index contributed by atoms with van der Waals surface area (Å²) in [6.45, 7) is 9.98. The Labute approximate surface area is 137 Å². The lowest BCUT2D eigenvalue weighted by Gasteiger charge is -2.22. The first-order valence-corrected chi connectivity index (χ1v) is 7.92. The van der Waals surface area contributed by atoms with E-state index in [4.69, 9.17) is 14.2 Å². The van der Waals surface area contributed by atoms with E-state index in [0.29, 0.717) is 26.3 Å². The second-order valence-electron chi connectivity index (χ2n) is 6.66. The lowest BCUT2D eigenvalue weighted by Crippen LogP contribution is -2.42. The smallest absolute Gasteiger partial charge is 0.407 e. The summed E-state index contributed by atoms with van der Waals surface area (Å²) in [7, 11) is 0. The highest BCUT2D eigenvalue weighted by molar-refractivity contribution is 5.68. The first-order chi connectivity index (χ1) is 10.8. The van der Waals surface area contributed by atoms with Gasteiger partial charge >= 0.3 is 6.09 Å². The molecule has 0 saturated carbocycles. The van der Waals surface area contributed by atoms with Crippen molar-refractivity contribution in [1.29, 1.82) is 0 Å². The van der Waals surface area contributed by atoms with Crippen molar-refractivity contribution >= 4 is 6.09 Å². The van der Waals surface area contributed by atoms with Crippen LogP contribution in [-0.2, 0) is 11.3 Å². The van der Waals surface area contributed by atoms with Crippen LogP contribution in [-0.4, -0.2) is 37.5 Å². The third-order valence-corrected chi connectivity index (χ3v) is 3.15. The van der Waals surface area contributed by atoms with Crippen molar-refractivity contribution in [1.82, 2.24) is 10.6 Å². The van der Waals surface area contributed by atoms with Crippen molar-refractivity contribution in [2.24, 2.45) is 0 Å². The van der Waals surface area contributed by atoms with Gasteiger partial charge in [-0.3, -0.25) is 0 Å². The van der Waals surface area contributed by atoms with E-state index in [9.17, 15) is 4.79 Å². The zero-order valence-corrected chi connectivity index (χ0v) is 14.3.